The van der Waals surface area contributed by atoms with Gasteiger partial charge in [-0.1, -0.05) is 98.8 Å². The highest BCUT2D eigenvalue weighted by atomic mass is 35.5. The number of hydrogen-bond acceptors (Lipinski definition) is 1. The lowest BCUT2D eigenvalue weighted by Gasteiger charge is -2.41. The van der Waals surface area contributed by atoms with Gasteiger partial charge in [-0.15, -0.1) is 0 Å². The maximum atomic E-state index is 12.1. The molecule has 176 valence electrons. The van der Waals surface area contributed by atoms with Gasteiger partial charge in [-0.05, 0) is 60.7 Å². The highest BCUT2D eigenvalue weighted by Crippen LogP contribution is 2.62. The molecule has 0 spiro atoms. The molecule has 1 nitrogen and oxygen atoms in total. The van der Waals surface area contributed by atoms with Gasteiger partial charge in [0.1, 0.15) is 28.8 Å². The molecule has 0 aliphatic heterocycles. The molecule has 0 radical (unpaired) electrons. The first kappa shape index (κ1) is 26.2. The summed E-state index contributed by atoms with van der Waals surface area (Å²) in [6.45, 7) is 6.67. The second-order valence-electron chi connectivity index (χ2n) is 9.57. The fourth-order valence-electron chi connectivity index (χ4n) is 5.23. The van der Waals surface area contributed by atoms with Crippen molar-refractivity contribution >= 4 is 23.2 Å². The van der Waals surface area contributed by atoms with Crippen molar-refractivity contribution in [1.29, 1.82) is 0 Å². The molecule has 0 amide bonds. The topological polar surface area (TPSA) is 20.2 Å². The summed E-state index contributed by atoms with van der Waals surface area (Å²) >= 11 is 0. The minimum Gasteiger partial charge on any atom is -1.00 e. The van der Waals surface area contributed by atoms with Gasteiger partial charge in [0.15, 0.2) is 0 Å². The van der Waals surface area contributed by atoms with Gasteiger partial charge in [-0.2, -0.15) is 0 Å². The van der Waals surface area contributed by atoms with Crippen molar-refractivity contribution in [1.82, 2.24) is 0 Å². The van der Waals surface area contributed by atoms with E-state index in [1.54, 1.807) is 0 Å². The molecule has 2 atom stereocenters. The molecule has 0 fully saturated rings. The van der Waals surface area contributed by atoms with Crippen LogP contribution in [0.15, 0.2) is 121 Å². The Hall–Kier alpha value is -2.44. The third-order valence-electron chi connectivity index (χ3n) is 6.86. The van der Waals surface area contributed by atoms with Gasteiger partial charge < -0.3 is 17.5 Å². The van der Waals surface area contributed by atoms with Crippen molar-refractivity contribution < 1.29 is 17.5 Å². The van der Waals surface area contributed by atoms with Gasteiger partial charge in [0.25, 0.3) is 0 Å². The van der Waals surface area contributed by atoms with E-state index in [-0.39, 0.29) is 23.5 Å². The summed E-state index contributed by atoms with van der Waals surface area (Å²) in [5.41, 5.74) is 1.00. The minimum atomic E-state index is -2.15. The average Bonchev–Trinajstić information content (AvgIpc) is 2.86. The molecule has 0 bridgehead atoms. The van der Waals surface area contributed by atoms with Gasteiger partial charge in [0, 0.05) is 0 Å². The average molecular weight is 489 g/mol. The highest BCUT2D eigenvalue weighted by Gasteiger charge is 2.55. The molecule has 0 aliphatic rings. The summed E-state index contributed by atoms with van der Waals surface area (Å²) in [6, 6.07) is 43.0. The van der Waals surface area contributed by atoms with Crippen molar-refractivity contribution in [3.05, 3.63) is 127 Å². The Balaban J connectivity index is 0.00000324. The van der Waals surface area contributed by atoms with Crippen LogP contribution in [0.1, 0.15) is 26.3 Å². The van der Waals surface area contributed by atoms with Crippen LogP contribution in [0.5, 0.6) is 0 Å². The zero-order valence-electron chi connectivity index (χ0n) is 20.2. The van der Waals surface area contributed by atoms with Crippen molar-refractivity contribution in [3.63, 3.8) is 0 Å². The van der Waals surface area contributed by atoms with Gasteiger partial charge >= 0.3 is 0 Å². The molecule has 0 aromatic heterocycles. The Bertz CT molecular complexity index is 1030. The molecule has 0 unspecified atom stereocenters. The standard InChI is InChI=1S/C31H34OP.ClH/c1-25(30(32)31(2,3)24-26-16-8-4-9-17-26)33(27-18-10-5-11-19-27,28-20-12-6-13-21-28)29-22-14-7-15-23-29;/h4-23,25,30,32H,24H2,1-3H3;1H/q+1;/p-1/t25-,30+;/m1./s1. The molecule has 1 N–H and O–H groups in total. The lowest BCUT2D eigenvalue weighted by atomic mass is 9.79. The minimum absolute atomic E-state index is 0. The summed E-state index contributed by atoms with van der Waals surface area (Å²) < 4.78 is 0. The Morgan fingerprint density at radius 3 is 1.29 bits per heavy atom. The lowest BCUT2D eigenvalue weighted by molar-refractivity contribution is -0.00000804. The van der Waals surface area contributed by atoms with E-state index in [1.807, 2.05) is 6.07 Å². The summed E-state index contributed by atoms with van der Waals surface area (Å²) in [6.07, 6.45) is 0.337. The molecule has 0 aliphatic carbocycles. The van der Waals surface area contributed by atoms with Gasteiger partial charge in [-0.25, -0.2) is 0 Å². The van der Waals surface area contributed by atoms with Crippen LogP contribution in [-0.4, -0.2) is 16.9 Å². The predicted octanol–water partition coefficient (Wildman–Crippen LogP) is 3.00. The Morgan fingerprint density at radius 2 is 0.941 bits per heavy atom. The number of hydrogen-bond donors (Lipinski definition) is 1. The summed E-state index contributed by atoms with van der Waals surface area (Å²) in [5, 5.41) is 16.0. The Labute approximate surface area is 211 Å². The second kappa shape index (κ2) is 11.3. The monoisotopic (exact) mass is 488 g/mol. The van der Waals surface area contributed by atoms with Crippen molar-refractivity contribution in [2.75, 3.05) is 0 Å². The molecule has 3 heteroatoms. The number of rotatable bonds is 8. The summed E-state index contributed by atoms with van der Waals surface area (Å²) in [4.78, 5) is 0. The molecular weight excluding hydrogens is 455 g/mol. The van der Waals surface area contributed by atoms with Gasteiger partial charge in [-0.3, -0.25) is 0 Å². The maximum absolute atomic E-state index is 12.1. The summed E-state index contributed by atoms with van der Waals surface area (Å²) in [7, 11) is -2.15. The quantitative estimate of drug-likeness (QED) is 0.378. The third-order valence-corrected chi connectivity index (χ3v) is 11.7. The second-order valence-corrected chi connectivity index (χ2v) is 13.4. The van der Waals surface area contributed by atoms with Crippen molar-refractivity contribution in [2.45, 2.75) is 39.0 Å². The fourth-order valence-corrected chi connectivity index (χ4v) is 10.3. The van der Waals surface area contributed by atoms with Crippen LogP contribution in [-0.2, 0) is 6.42 Å². The first-order valence-corrected chi connectivity index (χ1v) is 13.6. The number of aliphatic hydroxyl groups excluding tert-OH is 1. The summed E-state index contributed by atoms with van der Waals surface area (Å²) in [5.74, 6) is 0. The van der Waals surface area contributed by atoms with E-state index >= 15 is 0 Å². The normalized spacial score (nSPS) is 13.5. The number of halogens is 1. The van der Waals surface area contributed by atoms with E-state index in [1.165, 1.54) is 21.5 Å². The van der Waals surface area contributed by atoms with E-state index in [2.05, 4.69) is 136 Å². The first-order chi connectivity index (χ1) is 16.0. The molecule has 4 aromatic rings. The van der Waals surface area contributed by atoms with E-state index in [4.69, 9.17) is 0 Å². The molecule has 4 aromatic carbocycles. The van der Waals surface area contributed by atoms with Gasteiger partial charge in [0.05, 0.1) is 6.10 Å². The van der Waals surface area contributed by atoms with Crippen LogP contribution in [0, 0.1) is 5.41 Å². The molecule has 0 saturated heterocycles. The van der Waals surface area contributed by atoms with Crippen LogP contribution < -0.4 is 28.3 Å². The van der Waals surface area contributed by atoms with Gasteiger partial charge in [0.2, 0.25) is 0 Å². The largest absolute Gasteiger partial charge is 1.00 e. The van der Waals surface area contributed by atoms with Crippen molar-refractivity contribution in [2.24, 2.45) is 5.41 Å². The third kappa shape index (κ3) is 5.13. The van der Waals surface area contributed by atoms with Crippen LogP contribution in [0.25, 0.3) is 0 Å². The maximum Gasteiger partial charge on any atom is 0.117 e. The Kier molecular flexibility index (Phi) is 8.72. The van der Waals surface area contributed by atoms with E-state index in [0.29, 0.717) is 0 Å². The molecular formula is C31H34ClOP. The molecule has 0 saturated carbocycles. The van der Waals surface area contributed by atoms with Crippen molar-refractivity contribution in [3.8, 4) is 0 Å². The van der Waals surface area contributed by atoms with E-state index in [9.17, 15) is 5.11 Å². The predicted molar refractivity (Wildman–Crippen MR) is 145 cm³/mol. The number of benzene rings is 4. The molecule has 0 heterocycles. The number of aliphatic hydroxyl groups is 1. The zero-order valence-corrected chi connectivity index (χ0v) is 21.8. The molecule has 4 rings (SSSR count). The molecule has 34 heavy (non-hydrogen) atoms. The van der Waals surface area contributed by atoms with Crippen LogP contribution in [0.3, 0.4) is 0 Å². The van der Waals surface area contributed by atoms with E-state index in [0.717, 1.165) is 6.42 Å². The smallest absolute Gasteiger partial charge is 0.117 e. The van der Waals surface area contributed by atoms with Crippen LogP contribution in [0.2, 0.25) is 0 Å². The zero-order chi connectivity index (χ0) is 23.3. The highest BCUT2D eigenvalue weighted by molar-refractivity contribution is 7.96. The Morgan fingerprint density at radius 1 is 0.618 bits per heavy atom. The SMILES string of the molecule is C[C@H]([C@H](O)C(C)(C)Cc1ccccc1)[P+](c1ccccc1)(c1ccccc1)c1ccccc1.[Cl-]. The fraction of sp³-hybridized carbons (Fsp3) is 0.226. The van der Waals surface area contributed by atoms with Crippen LogP contribution >= 0.6 is 7.26 Å². The van der Waals surface area contributed by atoms with Crippen LogP contribution in [0.4, 0.5) is 0 Å². The lowest BCUT2D eigenvalue weighted by Crippen LogP contribution is -3.00. The van der Waals surface area contributed by atoms with E-state index < -0.39 is 13.4 Å². The first-order valence-electron chi connectivity index (χ1n) is 11.7.